The molecule has 1 aliphatic heterocycles. The fourth-order valence-corrected chi connectivity index (χ4v) is 2.35. The maximum atomic E-state index is 5.91. The van der Waals surface area contributed by atoms with Gasteiger partial charge in [0.05, 0.1) is 12.3 Å². The third-order valence-corrected chi connectivity index (χ3v) is 3.27. The minimum absolute atomic E-state index is 0.398. The molecule has 2 rings (SSSR count). The molecule has 1 fully saturated rings. The molecule has 0 bridgehead atoms. The van der Waals surface area contributed by atoms with Gasteiger partial charge in [-0.05, 0) is 31.4 Å². The van der Waals surface area contributed by atoms with Crippen molar-refractivity contribution in [1.29, 1.82) is 0 Å². The third kappa shape index (κ3) is 2.41. The maximum Gasteiger partial charge on any atom is 0.120 e. The van der Waals surface area contributed by atoms with Crippen molar-refractivity contribution in [3.05, 3.63) is 24.2 Å². The van der Waals surface area contributed by atoms with Gasteiger partial charge in [-0.25, -0.2) is 0 Å². The normalized spacial score (nSPS) is 21.7. The summed E-state index contributed by atoms with van der Waals surface area (Å²) in [5, 5.41) is 0. The molecule has 0 aliphatic carbocycles. The van der Waals surface area contributed by atoms with Crippen LogP contribution in [-0.2, 0) is 0 Å². The van der Waals surface area contributed by atoms with Crippen LogP contribution in [0.1, 0.15) is 38.0 Å². The SMILES string of the molecule is CCC(c1ccco1)N1CCC(N)CC1. The average Bonchev–Trinajstić information content (AvgIpc) is 2.75. The molecule has 84 valence electrons. The van der Waals surface area contributed by atoms with E-state index in [4.69, 9.17) is 10.2 Å². The van der Waals surface area contributed by atoms with E-state index in [1.165, 1.54) is 0 Å². The van der Waals surface area contributed by atoms with Gasteiger partial charge in [0.25, 0.3) is 0 Å². The van der Waals surface area contributed by atoms with E-state index in [0.717, 1.165) is 38.1 Å². The van der Waals surface area contributed by atoms with Crippen LogP contribution in [0.3, 0.4) is 0 Å². The van der Waals surface area contributed by atoms with E-state index in [0.29, 0.717) is 12.1 Å². The molecule has 1 aliphatic rings. The van der Waals surface area contributed by atoms with Crippen molar-refractivity contribution in [3.8, 4) is 0 Å². The fraction of sp³-hybridized carbons (Fsp3) is 0.667. The van der Waals surface area contributed by atoms with Crippen molar-refractivity contribution in [2.24, 2.45) is 5.73 Å². The van der Waals surface area contributed by atoms with Crippen molar-refractivity contribution >= 4 is 0 Å². The van der Waals surface area contributed by atoms with Crippen LogP contribution in [0, 0.1) is 0 Å². The summed E-state index contributed by atoms with van der Waals surface area (Å²) < 4.78 is 5.49. The molecule has 1 unspecified atom stereocenters. The second kappa shape index (κ2) is 4.81. The van der Waals surface area contributed by atoms with Crippen LogP contribution < -0.4 is 5.73 Å². The average molecular weight is 208 g/mol. The molecule has 1 saturated heterocycles. The van der Waals surface area contributed by atoms with Gasteiger partial charge in [0.2, 0.25) is 0 Å². The predicted molar refractivity (Wildman–Crippen MR) is 60.5 cm³/mol. The molecule has 2 heterocycles. The molecule has 0 radical (unpaired) electrons. The second-order valence-electron chi connectivity index (χ2n) is 4.31. The van der Waals surface area contributed by atoms with Gasteiger partial charge in [0, 0.05) is 19.1 Å². The van der Waals surface area contributed by atoms with Gasteiger partial charge in [0.15, 0.2) is 0 Å². The molecule has 1 atom stereocenters. The van der Waals surface area contributed by atoms with Gasteiger partial charge in [-0.1, -0.05) is 6.92 Å². The summed E-state index contributed by atoms with van der Waals surface area (Å²) in [5.74, 6) is 1.09. The summed E-state index contributed by atoms with van der Waals surface area (Å²) in [5.41, 5.74) is 5.91. The summed E-state index contributed by atoms with van der Waals surface area (Å²) in [6.45, 7) is 4.41. The number of rotatable bonds is 3. The van der Waals surface area contributed by atoms with Crippen LogP contribution in [-0.4, -0.2) is 24.0 Å². The summed E-state index contributed by atoms with van der Waals surface area (Å²) in [6.07, 6.45) is 5.07. The van der Waals surface area contributed by atoms with Crippen LogP contribution in [0.5, 0.6) is 0 Å². The van der Waals surface area contributed by atoms with Crippen LogP contribution in [0.4, 0.5) is 0 Å². The molecule has 2 N–H and O–H groups in total. The van der Waals surface area contributed by atoms with Crippen molar-refractivity contribution in [2.45, 2.75) is 38.3 Å². The van der Waals surface area contributed by atoms with E-state index >= 15 is 0 Å². The first kappa shape index (κ1) is 10.7. The first-order chi connectivity index (χ1) is 7.31. The van der Waals surface area contributed by atoms with E-state index in [2.05, 4.69) is 17.9 Å². The molecule has 0 amide bonds. The van der Waals surface area contributed by atoms with Crippen molar-refractivity contribution in [3.63, 3.8) is 0 Å². The van der Waals surface area contributed by atoms with Crippen molar-refractivity contribution in [1.82, 2.24) is 4.90 Å². The van der Waals surface area contributed by atoms with E-state index in [-0.39, 0.29) is 0 Å². The number of hydrogen-bond acceptors (Lipinski definition) is 3. The van der Waals surface area contributed by atoms with Gasteiger partial charge in [-0.15, -0.1) is 0 Å². The predicted octanol–water partition coefficient (Wildman–Crippen LogP) is 2.15. The number of piperidine rings is 1. The standard InChI is InChI=1S/C12H20N2O/c1-2-11(12-4-3-9-15-12)14-7-5-10(13)6-8-14/h3-4,9-11H,2,5-8,13H2,1H3. The largest absolute Gasteiger partial charge is 0.468 e. The van der Waals surface area contributed by atoms with Gasteiger partial charge < -0.3 is 10.2 Å². The number of furan rings is 1. The molecule has 0 aromatic carbocycles. The Kier molecular flexibility index (Phi) is 3.44. The lowest BCUT2D eigenvalue weighted by Crippen LogP contribution is -2.41. The summed E-state index contributed by atoms with van der Waals surface area (Å²) >= 11 is 0. The summed E-state index contributed by atoms with van der Waals surface area (Å²) in [4.78, 5) is 2.49. The highest BCUT2D eigenvalue weighted by atomic mass is 16.3. The number of nitrogens with zero attached hydrogens (tertiary/aromatic N) is 1. The lowest BCUT2D eigenvalue weighted by molar-refractivity contribution is 0.133. The fourth-order valence-electron chi connectivity index (χ4n) is 2.35. The van der Waals surface area contributed by atoms with Gasteiger partial charge in [-0.3, -0.25) is 4.90 Å². The Morgan fingerprint density at radius 2 is 2.27 bits per heavy atom. The van der Waals surface area contributed by atoms with E-state index in [1.54, 1.807) is 6.26 Å². The molecule has 1 aromatic rings. The zero-order valence-electron chi connectivity index (χ0n) is 9.36. The molecule has 1 aromatic heterocycles. The monoisotopic (exact) mass is 208 g/mol. The third-order valence-electron chi connectivity index (χ3n) is 3.27. The minimum Gasteiger partial charge on any atom is -0.468 e. The highest BCUT2D eigenvalue weighted by molar-refractivity contribution is 5.05. The minimum atomic E-state index is 0.398. The van der Waals surface area contributed by atoms with Gasteiger partial charge in [0.1, 0.15) is 5.76 Å². The Hall–Kier alpha value is -0.800. The lowest BCUT2D eigenvalue weighted by Gasteiger charge is -2.35. The summed E-state index contributed by atoms with van der Waals surface area (Å²) in [7, 11) is 0. The Morgan fingerprint density at radius 1 is 1.53 bits per heavy atom. The zero-order chi connectivity index (χ0) is 10.7. The Bertz CT molecular complexity index is 276. The molecule has 15 heavy (non-hydrogen) atoms. The smallest absolute Gasteiger partial charge is 0.120 e. The van der Waals surface area contributed by atoms with E-state index < -0.39 is 0 Å². The first-order valence-corrected chi connectivity index (χ1v) is 5.84. The van der Waals surface area contributed by atoms with Gasteiger partial charge in [-0.2, -0.15) is 0 Å². The number of nitrogens with two attached hydrogens (primary N) is 1. The van der Waals surface area contributed by atoms with Crippen molar-refractivity contribution in [2.75, 3.05) is 13.1 Å². The van der Waals surface area contributed by atoms with E-state index in [9.17, 15) is 0 Å². The quantitative estimate of drug-likeness (QED) is 0.827. The molecular weight excluding hydrogens is 188 g/mol. The first-order valence-electron chi connectivity index (χ1n) is 5.84. The molecular formula is C12H20N2O. The number of hydrogen-bond donors (Lipinski definition) is 1. The topological polar surface area (TPSA) is 42.4 Å². The lowest BCUT2D eigenvalue weighted by atomic mass is 10.0. The molecule has 3 nitrogen and oxygen atoms in total. The maximum absolute atomic E-state index is 5.91. The zero-order valence-corrected chi connectivity index (χ0v) is 9.36. The Balaban J connectivity index is 2.01. The van der Waals surface area contributed by atoms with Crippen LogP contribution in [0.2, 0.25) is 0 Å². The highest BCUT2D eigenvalue weighted by Crippen LogP contribution is 2.27. The van der Waals surface area contributed by atoms with Crippen LogP contribution in [0.25, 0.3) is 0 Å². The van der Waals surface area contributed by atoms with Crippen LogP contribution >= 0.6 is 0 Å². The van der Waals surface area contributed by atoms with Gasteiger partial charge >= 0.3 is 0 Å². The molecule has 3 heteroatoms. The number of likely N-dealkylation sites (tertiary alicyclic amines) is 1. The Morgan fingerprint density at radius 3 is 2.80 bits per heavy atom. The second-order valence-corrected chi connectivity index (χ2v) is 4.31. The molecule has 0 saturated carbocycles. The van der Waals surface area contributed by atoms with E-state index in [1.807, 2.05) is 6.07 Å². The highest BCUT2D eigenvalue weighted by Gasteiger charge is 2.24. The molecule has 0 spiro atoms. The van der Waals surface area contributed by atoms with Crippen LogP contribution in [0.15, 0.2) is 22.8 Å². The van der Waals surface area contributed by atoms with Crippen molar-refractivity contribution < 1.29 is 4.42 Å². The summed E-state index contributed by atoms with van der Waals surface area (Å²) in [6, 6.07) is 4.87. The Labute approximate surface area is 91.2 Å².